The van der Waals surface area contributed by atoms with Gasteiger partial charge < -0.3 is 5.11 Å². The van der Waals surface area contributed by atoms with Crippen molar-refractivity contribution in [3.8, 4) is 0 Å². The van der Waals surface area contributed by atoms with Crippen LogP contribution in [0.25, 0.3) is 0 Å². The molecule has 1 N–H and O–H groups in total. The van der Waals surface area contributed by atoms with Crippen molar-refractivity contribution in [1.82, 2.24) is 0 Å². The average Bonchev–Trinajstić information content (AvgIpc) is 1.67. The number of allylic oxidation sites excluding steroid dienone is 1. The summed E-state index contributed by atoms with van der Waals surface area (Å²) in [6.45, 7) is 3.45. The molecule has 0 bridgehead atoms. The molecule has 0 rings (SSSR count). The molecule has 0 heterocycles. The molecule has 0 unspecified atom stereocenters. The molecule has 0 aliphatic rings. The van der Waals surface area contributed by atoms with Gasteiger partial charge in [-0.05, 0) is 20.2 Å². The smallest absolute Gasteiger partial charge is 0.0546 e. The summed E-state index contributed by atoms with van der Waals surface area (Å²) in [4.78, 5) is 0. The maximum Gasteiger partial charge on any atom is 0.0546 e. The van der Waals surface area contributed by atoms with Crippen molar-refractivity contribution in [3.05, 3.63) is 12.2 Å². The highest BCUT2D eigenvalue weighted by molar-refractivity contribution is 4.78. The average molecular weight is 101 g/mol. The number of rotatable bonds is 2. The van der Waals surface area contributed by atoms with Crippen LogP contribution in [0.15, 0.2) is 12.2 Å². The van der Waals surface area contributed by atoms with Gasteiger partial charge in [0.15, 0.2) is 0 Å². The fourth-order valence-electron chi connectivity index (χ4n) is 0.272. The predicted molar refractivity (Wildman–Crippen MR) is 31.1 cm³/mol. The van der Waals surface area contributed by atoms with Gasteiger partial charge >= 0.3 is 0 Å². The molecule has 42 valence electrons. The summed E-state index contributed by atoms with van der Waals surface area (Å²) in [5.41, 5.74) is 0. The molecule has 0 saturated carbocycles. The number of hydrogen-bond acceptors (Lipinski definition) is 1. The van der Waals surface area contributed by atoms with Gasteiger partial charge in [-0.3, -0.25) is 0 Å². The minimum Gasteiger partial charge on any atom is -0.393 e. The van der Waals surface area contributed by atoms with Crippen LogP contribution in [0.4, 0.5) is 0 Å². The van der Waals surface area contributed by atoms with E-state index in [1.54, 1.807) is 19.1 Å². The molecule has 0 saturated heterocycles. The Morgan fingerprint density at radius 1 is 2.00 bits per heavy atom. The lowest BCUT2D eigenvalue weighted by Gasteiger charge is -1.93. The van der Waals surface area contributed by atoms with Gasteiger partial charge in [0.1, 0.15) is 0 Å². The highest BCUT2D eigenvalue weighted by Crippen LogP contribution is 1.88. The fraction of sp³-hybridized carbons (Fsp3) is 0.667. The summed E-state index contributed by atoms with van der Waals surface area (Å²) < 4.78 is 7.09. The van der Waals surface area contributed by atoms with E-state index in [1.807, 2.05) is 6.92 Å². The first-order chi connectivity index (χ1) is 3.68. The monoisotopic (exact) mass is 101 g/mol. The number of aliphatic hydroxyl groups excluding tert-OH is 1. The van der Waals surface area contributed by atoms with Crippen LogP contribution in [0, 0.1) is 0 Å². The lowest BCUT2D eigenvalue weighted by atomic mass is 10.3. The molecule has 0 amide bonds. The zero-order chi connectivity index (χ0) is 6.57. The van der Waals surface area contributed by atoms with Crippen LogP contribution in [-0.4, -0.2) is 11.2 Å². The summed E-state index contributed by atoms with van der Waals surface area (Å²) in [6, 6.07) is 0. The van der Waals surface area contributed by atoms with Gasteiger partial charge in [-0.25, -0.2) is 0 Å². The summed E-state index contributed by atoms with van der Waals surface area (Å²) in [5.74, 6) is 0. The second-order valence-electron chi connectivity index (χ2n) is 1.46. The Morgan fingerprint density at radius 3 is 2.71 bits per heavy atom. The zero-order valence-electron chi connectivity index (χ0n) is 5.76. The highest BCUT2D eigenvalue weighted by atomic mass is 16.3. The SMILES string of the molecule is [2H][C@@H](/C=C/C)[C@@H](C)O. The van der Waals surface area contributed by atoms with E-state index in [4.69, 9.17) is 6.48 Å². The van der Waals surface area contributed by atoms with Gasteiger partial charge in [0.2, 0.25) is 0 Å². The zero-order valence-corrected chi connectivity index (χ0v) is 4.76. The summed E-state index contributed by atoms with van der Waals surface area (Å²) in [5, 5.41) is 8.71. The van der Waals surface area contributed by atoms with E-state index in [9.17, 15) is 0 Å². The van der Waals surface area contributed by atoms with Crippen LogP contribution in [-0.2, 0) is 0 Å². The molecule has 0 fully saturated rings. The first-order valence-electron chi connectivity index (χ1n) is 2.99. The second-order valence-corrected chi connectivity index (χ2v) is 1.46. The van der Waals surface area contributed by atoms with E-state index in [-0.39, 0.29) is 0 Å². The van der Waals surface area contributed by atoms with Crippen LogP contribution in [0.5, 0.6) is 0 Å². The van der Waals surface area contributed by atoms with E-state index < -0.39 is 12.5 Å². The van der Waals surface area contributed by atoms with Crippen LogP contribution >= 0.6 is 0 Å². The maximum atomic E-state index is 8.71. The minimum absolute atomic E-state index is 0.458. The van der Waals surface area contributed by atoms with Crippen LogP contribution in [0.3, 0.4) is 0 Å². The van der Waals surface area contributed by atoms with Crippen molar-refractivity contribution in [3.63, 3.8) is 0 Å². The third-order valence-corrected chi connectivity index (χ3v) is 0.582. The van der Waals surface area contributed by atoms with E-state index in [0.29, 0.717) is 0 Å². The Morgan fingerprint density at radius 2 is 2.57 bits per heavy atom. The lowest BCUT2D eigenvalue weighted by Crippen LogP contribution is -1.94. The predicted octanol–water partition coefficient (Wildman–Crippen LogP) is 1.33. The Kier molecular flexibility index (Phi) is 2.68. The fourth-order valence-corrected chi connectivity index (χ4v) is 0.272. The van der Waals surface area contributed by atoms with Gasteiger partial charge in [0.05, 0.1) is 6.10 Å². The van der Waals surface area contributed by atoms with Crippen LogP contribution in [0.2, 0.25) is 0 Å². The van der Waals surface area contributed by atoms with E-state index in [1.165, 1.54) is 0 Å². The van der Waals surface area contributed by atoms with Crippen molar-refractivity contribution in [1.29, 1.82) is 0 Å². The highest BCUT2D eigenvalue weighted by Gasteiger charge is 1.85. The molecule has 0 aliphatic carbocycles. The largest absolute Gasteiger partial charge is 0.393 e. The minimum atomic E-state index is -0.550. The summed E-state index contributed by atoms with van der Waals surface area (Å²) >= 11 is 0. The van der Waals surface area contributed by atoms with Crippen molar-refractivity contribution in [2.45, 2.75) is 26.3 Å². The second kappa shape index (κ2) is 3.88. The first kappa shape index (κ1) is 4.85. The standard InChI is InChI=1S/C6H12O/c1-3-4-5-6(2)7/h3-4,6-7H,5H2,1-2H3/b4-3+/t6-/m1/s1/i5D/t5-,6+/m0. The Balaban J connectivity index is 3.47. The molecule has 1 heteroatoms. The van der Waals surface area contributed by atoms with Crippen molar-refractivity contribution in [2.24, 2.45) is 0 Å². The van der Waals surface area contributed by atoms with E-state index in [0.717, 1.165) is 0 Å². The third kappa shape index (κ3) is 5.70. The first-order valence-corrected chi connectivity index (χ1v) is 2.41. The summed E-state index contributed by atoms with van der Waals surface area (Å²) in [6.07, 6.45) is 2.42. The van der Waals surface area contributed by atoms with Gasteiger partial charge in [0.25, 0.3) is 0 Å². The quantitative estimate of drug-likeness (QED) is 0.520. The molecule has 0 spiro atoms. The Hall–Kier alpha value is -0.300. The van der Waals surface area contributed by atoms with Crippen molar-refractivity contribution in [2.75, 3.05) is 0 Å². The molecule has 0 aliphatic heterocycles. The van der Waals surface area contributed by atoms with Crippen molar-refractivity contribution >= 4 is 0 Å². The molecule has 0 aromatic rings. The van der Waals surface area contributed by atoms with Gasteiger partial charge in [-0.2, -0.15) is 0 Å². The molecule has 0 aromatic carbocycles. The maximum absolute atomic E-state index is 8.71. The molecule has 0 aromatic heterocycles. The third-order valence-electron chi connectivity index (χ3n) is 0.582. The normalized spacial score (nSPS) is 21.9. The Labute approximate surface area is 46.1 Å². The van der Waals surface area contributed by atoms with Crippen LogP contribution < -0.4 is 0 Å². The number of aliphatic hydroxyl groups is 1. The molecule has 1 nitrogen and oxygen atoms in total. The molecular formula is C6H12O. The molecule has 0 radical (unpaired) electrons. The van der Waals surface area contributed by atoms with Crippen molar-refractivity contribution < 1.29 is 6.48 Å². The van der Waals surface area contributed by atoms with Crippen LogP contribution in [0.1, 0.15) is 21.6 Å². The summed E-state index contributed by atoms with van der Waals surface area (Å²) in [7, 11) is 0. The molecular weight excluding hydrogens is 88.1 g/mol. The van der Waals surface area contributed by atoms with Gasteiger partial charge in [0, 0.05) is 1.37 Å². The Bertz CT molecular complexity index is 78.6. The van der Waals surface area contributed by atoms with Gasteiger partial charge in [-0.15, -0.1) is 0 Å². The molecule has 7 heavy (non-hydrogen) atoms. The number of hydrogen-bond donors (Lipinski definition) is 1. The lowest BCUT2D eigenvalue weighted by molar-refractivity contribution is 0.198. The molecule has 2 atom stereocenters. The van der Waals surface area contributed by atoms with E-state index >= 15 is 0 Å². The topological polar surface area (TPSA) is 20.2 Å². The van der Waals surface area contributed by atoms with E-state index in [2.05, 4.69) is 0 Å². The van der Waals surface area contributed by atoms with Gasteiger partial charge in [-0.1, -0.05) is 12.2 Å².